The zero-order chi connectivity index (χ0) is 10.3. The highest BCUT2D eigenvalue weighted by Crippen LogP contribution is 2.29. The predicted molar refractivity (Wildman–Crippen MR) is 57.2 cm³/mol. The van der Waals surface area contributed by atoms with Gasteiger partial charge in [0.2, 0.25) is 0 Å². The van der Waals surface area contributed by atoms with Crippen LogP contribution in [0.4, 0.5) is 0 Å². The summed E-state index contributed by atoms with van der Waals surface area (Å²) in [7, 11) is 2.16. The van der Waals surface area contributed by atoms with Crippen molar-refractivity contribution in [2.45, 2.75) is 26.0 Å². The van der Waals surface area contributed by atoms with Crippen LogP contribution in [0.15, 0.2) is 0 Å². The van der Waals surface area contributed by atoms with Gasteiger partial charge in [0.05, 0.1) is 6.10 Å². The summed E-state index contributed by atoms with van der Waals surface area (Å²) in [6, 6.07) is 0.621. The minimum atomic E-state index is -0.0544. The van der Waals surface area contributed by atoms with Crippen molar-refractivity contribution in [3.8, 4) is 0 Å². The van der Waals surface area contributed by atoms with Crippen LogP contribution < -0.4 is 0 Å². The van der Waals surface area contributed by atoms with Gasteiger partial charge in [0.15, 0.2) is 0 Å². The normalized spacial score (nSPS) is 40.5. The zero-order valence-corrected chi connectivity index (χ0v) is 9.48. The van der Waals surface area contributed by atoms with Crippen LogP contribution in [0.3, 0.4) is 0 Å². The van der Waals surface area contributed by atoms with Crippen molar-refractivity contribution in [3.05, 3.63) is 0 Å². The molecule has 14 heavy (non-hydrogen) atoms. The number of fused-ring (bicyclic) bond motifs is 2. The van der Waals surface area contributed by atoms with Crippen molar-refractivity contribution in [2.24, 2.45) is 11.8 Å². The molecular weight excluding hydrogens is 176 g/mol. The Bertz CT molecular complexity index is 191. The molecule has 2 rings (SSSR count). The Morgan fingerprint density at radius 1 is 1.07 bits per heavy atom. The minimum absolute atomic E-state index is 0.0544. The van der Waals surface area contributed by atoms with Crippen LogP contribution in [0, 0.1) is 11.8 Å². The summed E-state index contributed by atoms with van der Waals surface area (Å²) in [6.45, 7) is 8.75. The fourth-order valence-corrected chi connectivity index (χ4v) is 2.91. The summed E-state index contributed by atoms with van der Waals surface area (Å²) in [4.78, 5) is 4.87. The molecule has 0 amide bonds. The fourth-order valence-electron chi connectivity index (χ4n) is 2.91. The molecule has 2 unspecified atom stereocenters. The van der Waals surface area contributed by atoms with E-state index in [2.05, 4.69) is 30.7 Å². The van der Waals surface area contributed by atoms with Gasteiger partial charge in [0.25, 0.3) is 0 Å². The predicted octanol–water partition coefficient (Wildman–Crippen LogP) is 0.249. The minimum Gasteiger partial charge on any atom is -0.392 e. The topological polar surface area (TPSA) is 26.7 Å². The lowest BCUT2D eigenvalue weighted by Gasteiger charge is -2.49. The molecule has 2 fully saturated rings. The van der Waals surface area contributed by atoms with Gasteiger partial charge < -0.3 is 14.9 Å². The van der Waals surface area contributed by atoms with Gasteiger partial charge in [-0.15, -0.1) is 0 Å². The number of aliphatic hydroxyl groups excluding tert-OH is 1. The first-order valence-corrected chi connectivity index (χ1v) is 5.68. The van der Waals surface area contributed by atoms with E-state index < -0.39 is 0 Å². The van der Waals surface area contributed by atoms with Crippen molar-refractivity contribution < 1.29 is 5.11 Å². The lowest BCUT2D eigenvalue weighted by Crippen LogP contribution is -2.60. The second-order valence-corrected chi connectivity index (χ2v) is 5.28. The number of nitrogens with zero attached hydrogens (tertiary/aromatic N) is 2. The van der Waals surface area contributed by atoms with E-state index in [0.29, 0.717) is 17.9 Å². The van der Waals surface area contributed by atoms with Gasteiger partial charge in [-0.1, -0.05) is 0 Å². The van der Waals surface area contributed by atoms with Crippen molar-refractivity contribution in [1.29, 1.82) is 0 Å². The average molecular weight is 198 g/mol. The summed E-state index contributed by atoms with van der Waals surface area (Å²) in [5, 5.41) is 10.1. The number of aliphatic hydroxyl groups is 1. The molecule has 82 valence electrons. The van der Waals surface area contributed by atoms with Crippen molar-refractivity contribution in [3.63, 3.8) is 0 Å². The Hall–Kier alpha value is -0.120. The quantitative estimate of drug-likeness (QED) is 0.654. The smallest absolute Gasteiger partial charge is 0.0645 e. The summed E-state index contributed by atoms with van der Waals surface area (Å²) >= 11 is 0. The highest BCUT2D eigenvalue weighted by Gasteiger charge is 2.40. The third-order valence-corrected chi connectivity index (χ3v) is 3.73. The maximum absolute atomic E-state index is 10.1. The molecule has 2 bridgehead atoms. The second-order valence-electron chi connectivity index (χ2n) is 5.28. The molecule has 2 saturated heterocycles. The molecule has 0 aromatic heterocycles. The van der Waals surface area contributed by atoms with Gasteiger partial charge in [-0.25, -0.2) is 0 Å². The standard InChI is InChI=1S/C11H22N2O/c1-8(2)13-6-9-4-12(3)5-10(7-13)11(9)14/h8-11,14H,4-7H2,1-3H3. The number of hydrogen-bond donors (Lipinski definition) is 1. The SMILES string of the molecule is CC(C)N1CC2CN(C)CC(C1)C2O. The van der Waals surface area contributed by atoms with Gasteiger partial charge in [-0.3, -0.25) is 0 Å². The van der Waals surface area contributed by atoms with Crippen molar-refractivity contribution in [2.75, 3.05) is 33.2 Å². The Balaban J connectivity index is 2.05. The van der Waals surface area contributed by atoms with Crippen LogP contribution in [0.2, 0.25) is 0 Å². The highest BCUT2D eigenvalue weighted by molar-refractivity contribution is 4.93. The van der Waals surface area contributed by atoms with Gasteiger partial charge >= 0.3 is 0 Å². The van der Waals surface area contributed by atoms with E-state index in [9.17, 15) is 5.11 Å². The average Bonchev–Trinajstić information content (AvgIpc) is 2.06. The first-order chi connectivity index (χ1) is 6.58. The Morgan fingerprint density at radius 3 is 2.00 bits per heavy atom. The summed E-state index contributed by atoms with van der Waals surface area (Å²) < 4.78 is 0. The Labute approximate surface area is 86.7 Å². The second kappa shape index (κ2) is 3.80. The zero-order valence-electron chi connectivity index (χ0n) is 9.48. The van der Waals surface area contributed by atoms with E-state index in [1.54, 1.807) is 0 Å². The summed E-state index contributed by atoms with van der Waals surface area (Å²) in [5.41, 5.74) is 0. The van der Waals surface area contributed by atoms with E-state index in [4.69, 9.17) is 0 Å². The molecule has 2 heterocycles. The Morgan fingerprint density at radius 2 is 1.57 bits per heavy atom. The van der Waals surface area contributed by atoms with Crippen LogP contribution in [-0.2, 0) is 0 Å². The van der Waals surface area contributed by atoms with E-state index in [1.165, 1.54) is 0 Å². The lowest BCUT2D eigenvalue weighted by molar-refractivity contribution is -0.0790. The molecule has 3 nitrogen and oxygen atoms in total. The fraction of sp³-hybridized carbons (Fsp3) is 1.00. The van der Waals surface area contributed by atoms with E-state index in [-0.39, 0.29) is 6.10 Å². The lowest BCUT2D eigenvalue weighted by atomic mass is 9.81. The number of rotatable bonds is 1. The summed E-state index contributed by atoms with van der Waals surface area (Å²) in [6.07, 6.45) is -0.0544. The van der Waals surface area contributed by atoms with Crippen LogP contribution in [0.1, 0.15) is 13.8 Å². The molecule has 2 atom stereocenters. The molecule has 0 aromatic carbocycles. The van der Waals surface area contributed by atoms with Crippen LogP contribution in [-0.4, -0.2) is 60.3 Å². The monoisotopic (exact) mass is 198 g/mol. The molecular formula is C11H22N2O. The highest BCUT2D eigenvalue weighted by atomic mass is 16.3. The van der Waals surface area contributed by atoms with E-state index in [1.807, 2.05) is 0 Å². The molecule has 2 aliphatic heterocycles. The molecule has 0 saturated carbocycles. The van der Waals surface area contributed by atoms with Crippen LogP contribution in [0.5, 0.6) is 0 Å². The van der Waals surface area contributed by atoms with Gasteiger partial charge in [-0.05, 0) is 20.9 Å². The maximum atomic E-state index is 10.1. The maximum Gasteiger partial charge on any atom is 0.0645 e. The number of piperidine rings is 2. The van der Waals surface area contributed by atoms with Gasteiger partial charge in [-0.2, -0.15) is 0 Å². The van der Waals surface area contributed by atoms with E-state index in [0.717, 1.165) is 26.2 Å². The largest absolute Gasteiger partial charge is 0.392 e. The third-order valence-electron chi connectivity index (χ3n) is 3.73. The van der Waals surface area contributed by atoms with Crippen molar-refractivity contribution >= 4 is 0 Å². The molecule has 0 radical (unpaired) electrons. The number of likely N-dealkylation sites (tertiary alicyclic amines) is 2. The van der Waals surface area contributed by atoms with E-state index >= 15 is 0 Å². The first-order valence-electron chi connectivity index (χ1n) is 5.68. The molecule has 1 N–H and O–H groups in total. The molecule has 0 aliphatic carbocycles. The molecule has 3 heteroatoms. The summed E-state index contributed by atoms with van der Waals surface area (Å²) in [5.74, 6) is 0.935. The molecule has 2 aliphatic rings. The van der Waals surface area contributed by atoms with Crippen LogP contribution in [0.25, 0.3) is 0 Å². The first kappa shape index (κ1) is 10.4. The number of hydrogen-bond acceptors (Lipinski definition) is 3. The van der Waals surface area contributed by atoms with Gasteiger partial charge in [0, 0.05) is 44.1 Å². The Kier molecular flexibility index (Phi) is 2.82. The van der Waals surface area contributed by atoms with Gasteiger partial charge in [0.1, 0.15) is 0 Å². The molecule has 0 spiro atoms. The van der Waals surface area contributed by atoms with Crippen LogP contribution >= 0.6 is 0 Å². The third kappa shape index (κ3) is 1.81. The molecule has 0 aromatic rings. The van der Waals surface area contributed by atoms with Crippen molar-refractivity contribution in [1.82, 2.24) is 9.80 Å².